The second-order valence-electron chi connectivity index (χ2n) is 9.91. The maximum Gasteiger partial charge on any atom is 0.416 e. The van der Waals surface area contributed by atoms with Gasteiger partial charge in [0.1, 0.15) is 11.9 Å². The standard InChI is InChI=1S/C27H30F4N2O4S/c1-2-14-38(36,37)20-7-5-6-18(15-20)26(35)33-13-4-3-8-23(33)25(34)32-24(17-9-10-17)21-12-11-19(16-22(21)28)27(29,30)31/h5-7,11-12,15-17,23-24H,2-4,8-10,13-14H2,1H3,(H,32,34)/t23-,24?/m1/s1. The van der Waals surface area contributed by atoms with Gasteiger partial charge in [0.2, 0.25) is 5.91 Å². The number of nitrogens with zero attached hydrogens (tertiary/aromatic N) is 1. The van der Waals surface area contributed by atoms with Crippen molar-refractivity contribution in [2.75, 3.05) is 12.3 Å². The van der Waals surface area contributed by atoms with Crippen molar-refractivity contribution in [3.8, 4) is 0 Å². The van der Waals surface area contributed by atoms with Crippen molar-refractivity contribution >= 4 is 21.7 Å². The van der Waals surface area contributed by atoms with Crippen molar-refractivity contribution in [2.45, 2.75) is 68.6 Å². The largest absolute Gasteiger partial charge is 0.416 e. The topological polar surface area (TPSA) is 83.6 Å². The van der Waals surface area contributed by atoms with E-state index in [1.807, 2.05) is 0 Å². The van der Waals surface area contributed by atoms with E-state index < -0.39 is 51.3 Å². The van der Waals surface area contributed by atoms with E-state index in [9.17, 15) is 35.6 Å². The van der Waals surface area contributed by atoms with Gasteiger partial charge in [-0.15, -0.1) is 0 Å². The number of amides is 2. The Hall–Kier alpha value is -2.95. The van der Waals surface area contributed by atoms with Crippen LogP contribution in [0.2, 0.25) is 0 Å². The van der Waals surface area contributed by atoms with Crippen LogP contribution in [0.3, 0.4) is 0 Å². The normalized spacial score (nSPS) is 19.2. The van der Waals surface area contributed by atoms with Gasteiger partial charge in [-0.2, -0.15) is 13.2 Å². The highest BCUT2D eigenvalue weighted by atomic mass is 32.2. The van der Waals surface area contributed by atoms with Gasteiger partial charge in [0.25, 0.3) is 5.91 Å². The van der Waals surface area contributed by atoms with Crippen molar-refractivity contribution in [1.29, 1.82) is 0 Å². The summed E-state index contributed by atoms with van der Waals surface area (Å²) in [6, 6.07) is 6.36. The van der Waals surface area contributed by atoms with Crippen molar-refractivity contribution in [3.05, 3.63) is 65.0 Å². The van der Waals surface area contributed by atoms with Gasteiger partial charge in [0.05, 0.1) is 22.3 Å². The first kappa shape index (κ1) is 28.1. The number of nitrogens with one attached hydrogen (secondary N) is 1. The average molecular weight is 555 g/mol. The summed E-state index contributed by atoms with van der Waals surface area (Å²) in [5.41, 5.74) is -0.974. The van der Waals surface area contributed by atoms with E-state index in [2.05, 4.69) is 5.32 Å². The van der Waals surface area contributed by atoms with Crippen molar-refractivity contribution in [3.63, 3.8) is 0 Å². The number of piperidine rings is 1. The zero-order valence-electron chi connectivity index (χ0n) is 20.9. The highest BCUT2D eigenvalue weighted by Crippen LogP contribution is 2.43. The summed E-state index contributed by atoms with van der Waals surface area (Å²) in [6.07, 6.45) is -1.18. The summed E-state index contributed by atoms with van der Waals surface area (Å²) in [4.78, 5) is 28.3. The number of halogens is 4. The molecule has 4 rings (SSSR count). The quantitative estimate of drug-likeness (QED) is 0.450. The highest BCUT2D eigenvalue weighted by Gasteiger charge is 2.40. The lowest BCUT2D eigenvalue weighted by Gasteiger charge is -2.36. The fourth-order valence-corrected chi connectivity index (χ4v) is 6.27. The number of carbonyl (C=O) groups excluding carboxylic acids is 2. The Labute approximate surface area is 219 Å². The number of alkyl halides is 3. The molecule has 6 nitrogen and oxygen atoms in total. The van der Waals surface area contributed by atoms with Crippen LogP contribution >= 0.6 is 0 Å². The Bertz CT molecular complexity index is 1310. The number of rotatable bonds is 8. The third-order valence-corrected chi connectivity index (χ3v) is 8.95. The van der Waals surface area contributed by atoms with Gasteiger partial charge in [-0.1, -0.05) is 19.1 Å². The average Bonchev–Trinajstić information content (AvgIpc) is 3.72. The molecule has 0 spiro atoms. The van der Waals surface area contributed by atoms with Crippen molar-refractivity contribution < 1.29 is 35.6 Å². The molecule has 11 heteroatoms. The smallest absolute Gasteiger partial charge is 0.347 e. The van der Waals surface area contributed by atoms with Gasteiger partial charge in [0, 0.05) is 17.7 Å². The minimum absolute atomic E-state index is 0.0173. The number of sulfone groups is 1. The zero-order valence-corrected chi connectivity index (χ0v) is 21.7. The molecule has 1 saturated heterocycles. The van der Waals surface area contributed by atoms with Gasteiger partial charge in [-0.05, 0) is 74.8 Å². The molecule has 2 aliphatic rings. The molecule has 2 amide bonds. The van der Waals surface area contributed by atoms with Crippen LogP contribution in [0.1, 0.15) is 73.0 Å². The summed E-state index contributed by atoms with van der Waals surface area (Å²) in [5.74, 6) is -2.20. The Balaban J connectivity index is 1.56. The lowest BCUT2D eigenvalue weighted by Crippen LogP contribution is -2.52. The highest BCUT2D eigenvalue weighted by molar-refractivity contribution is 7.91. The summed E-state index contributed by atoms with van der Waals surface area (Å²) in [6.45, 7) is 2.03. The molecule has 1 N–H and O–H groups in total. The molecule has 0 aromatic heterocycles. The molecule has 1 heterocycles. The number of hydrogen-bond donors (Lipinski definition) is 1. The van der Waals surface area contributed by atoms with Crippen LogP contribution < -0.4 is 5.32 Å². The molecular formula is C27H30F4N2O4S. The van der Waals surface area contributed by atoms with Crippen LogP contribution in [0.25, 0.3) is 0 Å². The van der Waals surface area contributed by atoms with E-state index in [1.165, 1.54) is 29.2 Å². The van der Waals surface area contributed by atoms with Crippen LogP contribution in [0.5, 0.6) is 0 Å². The predicted octanol–water partition coefficient (Wildman–Crippen LogP) is 5.29. The maximum atomic E-state index is 14.8. The minimum atomic E-state index is -4.69. The molecular weight excluding hydrogens is 524 g/mol. The second kappa shape index (κ2) is 11.0. The first-order valence-corrected chi connectivity index (χ1v) is 14.4. The van der Waals surface area contributed by atoms with E-state index in [0.717, 1.165) is 12.1 Å². The van der Waals surface area contributed by atoms with Crippen molar-refractivity contribution in [1.82, 2.24) is 10.2 Å². The zero-order chi connectivity index (χ0) is 27.7. The molecule has 1 unspecified atom stereocenters. The number of hydrogen-bond acceptors (Lipinski definition) is 4. The molecule has 2 atom stereocenters. The van der Waals surface area contributed by atoms with Gasteiger partial charge in [-0.3, -0.25) is 9.59 Å². The monoisotopic (exact) mass is 554 g/mol. The van der Waals surface area contributed by atoms with E-state index >= 15 is 0 Å². The maximum absolute atomic E-state index is 14.8. The number of likely N-dealkylation sites (tertiary alicyclic amines) is 1. The summed E-state index contributed by atoms with van der Waals surface area (Å²) >= 11 is 0. The van der Waals surface area contributed by atoms with E-state index in [0.29, 0.717) is 44.6 Å². The van der Waals surface area contributed by atoms with Crippen molar-refractivity contribution in [2.24, 2.45) is 5.92 Å². The molecule has 0 bridgehead atoms. The SMILES string of the molecule is CCCS(=O)(=O)c1cccc(C(=O)N2CCCC[C@@H]2C(=O)NC(c2ccc(C(F)(F)F)cc2F)C2CC2)c1. The molecule has 206 valence electrons. The minimum Gasteiger partial charge on any atom is -0.347 e. The number of carbonyl (C=O) groups is 2. The van der Waals surface area contributed by atoms with Crippen LogP contribution in [-0.2, 0) is 20.8 Å². The van der Waals surface area contributed by atoms with Gasteiger partial charge in [0.15, 0.2) is 9.84 Å². The van der Waals surface area contributed by atoms with Crippen LogP contribution in [-0.4, -0.2) is 43.5 Å². The first-order valence-electron chi connectivity index (χ1n) is 12.7. The third kappa shape index (κ3) is 6.19. The molecule has 38 heavy (non-hydrogen) atoms. The van der Waals surface area contributed by atoms with E-state index in [4.69, 9.17) is 0 Å². The fraction of sp³-hybridized carbons (Fsp3) is 0.481. The first-order chi connectivity index (χ1) is 17.9. The van der Waals surface area contributed by atoms with Crippen LogP contribution in [0.15, 0.2) is 47.4 Å². The predicted molar refractivity (Wildman–Crippen MR) is 132 cm³/mol. The Morgan fingerprint density at radius 2 is 1.82 bits per heavy atom. The number of benzene rings is 2. The van der Waals surface area contributed by atoms with Gasteiger partial charge < -0.3 is 10.2 Å². The van der Waals surface area contributed by atoms with E-state index in [1.54, 1.807) is 6.92 Å². The second-order valence-corrected chi connectivity index (χ2v) is 12.0. The molecule has 2 aromatic carbocycles. The van der Waals surface area contributed by atoms with Gasteiger partial charge >= 0.3 is 6.18 Å². The summed E-state index contributed by atoms with van der Waals surface area (Å²) in [5, 5.41) is 2.80. The molecule has 2 fully saturated rings. The fourth-order valence-electron chi connectivity index (χ4n) is 4.91. The lowest BCUT2D eigenvalue weighted by molar-refractivity contribution is -0.137. The third-order valence-electron chi connectivity index (χ3n) is 7.03. The summed E-state index contributed by atoms with van der Waals surface area (Å²) in [7, 11) is -3.55. The van der Waals surface area contributed by atoms with Crippen LogP contribution in [0, 0.1) is 11.7 Å². The van der Waals surface area contributed by atoms with Gasteiger partial charge in [-0.25, -0.2) is 12.8 Å². The lowest BCUT2D eigenvalue weighted by atomic mass is 9.96. The molecule has 0 radical (unpaired) electrons. The Kier molecular flexibility index (Phi) is 8.15. The molecule has 1 saturated carbocycles. The molecule has 1 aliphatic heterocycles. The Morgan fingerprint density at radius 1 is 1.08 bits per heavy atom. The van der Waals surface area contributed by atoms with Crippen LogP contribution in [0.4, 0.5) is 17.6 Å². The Morgan fingerprint density at radius 3 is 2.45 bits per heavy atom. The van der Waals surface area contributed by atoms with E-state index in [-0.39, 0.29) is 34.2 Å². The molecule has 2 aromatic rings. The summed E-state index contributed by atoms with van der Waals surface area (Å²) < 4.78 is 78.8. The molecule has 1 aliphatic carbocycles.